The Morgan fingerprint density at radius 1 is 1.42 bits per heavy atom. The van der Waals surface area contributed by atoms with Crippen molar-refractivity contribution in [1.82, 2.24) is 10.2 Å². The maximum atomic E-state index is 9.19. The Bertz CT molecular complexity index is 122. The molecule has 0 aromatic carbocycles. The lowest BCUT2D eigenvalue weighted by Crippen LogP contribution is -2.43. The molecule has 12 heavy (non-hydrogen) atoms. The Morgan fingerprint density at radius 3 is 2.42 bits per heavy atom. The van der Waals surface area contributed by atoms with E-state index in [0.29, 0.717) is 12.0 Å². The number of rotatable bonds is 3. The van der Waals surface area contributed by atoms with Gasteiger partial charge in [-0.25, -0.2) is 0 Å². The molecule has 1 heterocycles. The standard InChI is InChI=1S/C9H20N2O/c1-11(2)9(7-12)8-3-5-10-6-4-8/h8-10,12H,3-7H2,1-2H3. The van der Waals surface area contributed by atoms with Gasteiger partial charge in [0.25, 0.3) is 0 Å². The fourth-order valence-corrected chi connectivity index (χ4v) is 1.96. The van der Waals surface area contributed by atoms with E-state index in [1.165, 1.54) is 12.8 Å². The average Bonchev–Trinajstić information content (AvgIpc) is 2.07. The highest BCUT2D eigenvalue weighted by atomic mass is 16.3. The van der Waals surface area contributed by atoms with E-state index in [9.17, 15) is 5.11 Å². The van der Waals surface area contributed by atoms with Gasteiger partial charge in [-0.05, 0) is 45.9 Å². The van der Waals surface area contributed by atoms with Gasteiger partial charge >= 0.3 is 0 Å². The lowest BCUT2D eigenvalue weighted by Gasteiger charge is -2.33. The van der Waals surface area contributed by atoms with Gasteiger partial charge in [0.2, 0.25) is 0 Å². The summed E-state index contributed by atoms with van der Waals surface area (Å²) in [6, 6.07) is 0.354. The van der Waals surface area contributed by atoms with Crippen molar-refractivity contribution in [3.05, 3.63) is 0 Å². The molecule has 0 aromatic heterocycles. The van der Waals surface area contributed by atoms with E-state index < -0.39 is 0 Å². The summed E-state index contributed by atoms with van der Waals surface area (Å²) in [5, 5.41) is 12.5. The van der Waals surface area contributed by atoms with E-state index >= 15 is 0 Å². The molecular weight excluding hydrogens is 152 g/mol. The zero-order chi connectivity index (χ0) is 8.97. The van der Waals surface area contributed by atoms with Gasteiger partial charge in [0.15, 0.2) is 0 Å². The predicted molar refractivity (Wildman–Crippen MR) is 50.2 cm³/mol. The van der Waals surface area contributed by atoms with Crippen LogP contribution >= 0.6 is 0 Å². The van der Waals surface area contributed by atoms with Gasteiger partial charge in [-0.3, -0.25) is 0 Å². The van der Waals surface area contributed by atoms with Crippen molar-refractivity contribution in [2.24, 2.45) is 5.92 Å². The second-order valence-electron chi connectivity index (χ2n) is 3.80. The lowest BCUT2D eigenvalue weighted by atomic mass is 9.90. The van der Waals surface area contributed by atoms with Crippen molar-refractivity contribution < 1.29 is 5.11 Å². The average molecular weight is 172 g/mol. The van der Waals surface area contributed by atoms with Crippen LogP contribution in [0, 0.1) is 5.92 Å². The number of nitrogens with zero attached hydrogens (tertiary/aromatic N) is 1. The maximum Gasteiger partial charge on any atom is 0.0589 e. The van der Waals surface area contributed by atoms with E-state index in [1.807, 2.05) is 14.1 Å². The molecule has 0 spiro atoms. The summed E-state index contributed by atoms with van der Waals surface area (Å²) in [6.07, 6.45) is 2.40. The second-order valence-corrected chi connectivity index (χ2v) is 3.80. The minimum absolute atomic E-state index is 0.289. The van der Waals surface area contributed by atoms with Crippen LogP contribution in [0.4, 0.5) is 0 Å². The minimum Gasteiger partial charge on any atom is -0.395 e. The van der Waals surface area contributed by atoms with Crippen LogP contribution < -0.4 is 5.32 Å². The third-order valence-electron chi connectivity index (χ3n) is 2.78. The highest BCUT2D eigenvalue weighted by Crippen LogP contribution is 2.18. The van der Waals surface area contributed by atoms with Gasteiger partial charge in [0, 0.05) is 6.04 Å². The van der Waals surface area contributed by atoms with Gasteiger partial charge in [0.1, 0.15) is 0 Å². The number of aliphatic hydroxyl groups excluding tert-OH is 1. The number of aliphatic hydroxyl groups is 1. The Hall–Kier alpha value is -0.120. The summed E-state index contributed by atoms with van der Waals surface area (Å²) < 4.78 is 0. The number of nitrogens with one attached hydrogen (secondary N) is 1. The van der Waals surface area contributed by atoms with Crippen molar-refractivity contribution in [3.8, 4) is 0 Å². The third-order valence-corrected chi connectivity index (χ3v) is 2.78. The predicted octanol–water partition coefficient (Wildman–Crippen LogP) is -0.0915. The third kappa shape index (κ3) is 2.44. The van der Waals surface area contributed by atoms with Crippen LogP contribution in [0.15, 0.2) is 0 Å². The largest absolute Gasteiger partial charge is 0.395 e. The van der Waals surface area contributed by atoms with Crippen LogP contribution in [-0.2, 0) is 0 Å². The van der Waals surface area contributed by atoms with Crippen LogP contribution in [0.25, 0.3) is 0 Å². The second kappa shape index (κ2) is 4.80. The van der Waals surface area contributed by atoms with E-state index in [-0.39, 0.29) is 6.61 Å². The monoisotopic (exact) mass is 172 g/mol. The lowest BCUT2D eigenvalue weighted by molar-refractivity contribution is 0.104. The normalized spacial score (nSPS) is 23.0. The van der Waals surface area contributed by atoms with Crippen molar-refractivity contribution in [2.45, 2.75) is 18.9 Å². The van der Waals surface area contributed by atoms with E-state index in [4.69, 9.17) is 0 Å². The molecule has 1 saturated heterocycles. The van der Waals surface area contributed by atoms with Crippen molar-refractivity contribution in [1.29, 1.82) is 0 Å². The van der Waals surface area contributed by atoms with Gasteiger partial charge in [-0.15, -0.1) is 0 Å². The molecule has 3 nitrogen and oxygen atoms in total. The molecule has 0 aliphatic carbocycles. The number of likely N-dealkylation sites (N-methyl/N-ethyl adjacent to an activating group) is 1. The van der Waals surface area contributed by atoms with Gasteiger partial charge in [0.05, 0.1) is 6.61 Å². The van der Waals surface area contributed by atoms with Crippen LogP contribution in [0.2, 0.25) is 0 Å². The van der Waals surface area contributed by atoms with Gasteiger partial charge in [-0.2, -0.15) is 0 Å². The molecule has 1 aliphatic rings. The topological polar surface area (TPSA) is 35.5 Å². The molecule has 1 rings (SSSR count). The van der Waals surface area contributed by atoms with Crippen LogP contribution in [0.1, 0.15) is 12.8 Å². The highest BCUT2D eigenvalue weighted by Gasteiger charge is 2.23. The summed E-state index contributed by atoms with van der Waals surface area (Å²) in [6.45, 7) is 2.50. The van der Waals surface area contributed by atoms with Crippen LogP contribution in [0.3, 0.4) is 0 Å². The number of piperidine rings is 1. The molecule has 1 aliphatic heterocycles. The summed E-state index contributed by atoms with van der Waals surface area (Å²) in [7, 11) is 4.09. The molecule has 1 atom stereocenters. The summed E-state index contributed by atoms with van der Waals surface area (Å²) in [5.41, 5.74) is 0. The first-order valence-electron chi connectivity index (χ1n) is 4.73. The number of hydrogen-bond acceptors (Lipinski definition) is 3. The zero-order valence-corrected chi connectivity index (χ0v) is 8.08. The first kappa shape index (κ1) is 9.96. The Balaban J connectivity index is 2.40. The van der Waals surface area contributed by atoms with Gasteiger partial charge in [-0.1, -0.05) is 0 Å². The van der Waals surface area contributed by atoms with Crippen molar-refractivity contribution >= 4 is 0 Å². The quantitative estimate of drug-likeness (QED) is 0.624. The summed E-state index contributed by atoms with van der Waals surface area (Å²) in [5.74, 6) is 0.672. The highest BCUT2D eigenvalue weighted by molar-refractivity contribution is 4.79. The smallest absolute Gasteiger partial charge is 0.0589 e. The van der Waals surface area contributed by atoms with Crippen LogP contribution in [-0.4, -0.2) is 49.8 Å². The molecule has 0 aromatic rings. The SMILES string of the molecule is CN(C)C(CO)C1CCNCC1. The van der Waals surface area contributed by atoms with Crippen LogP contribution in [0.5, 0.6) is 0 Å². The minimum atomic E-state index is 0.289. The number of hydrogen-bond donors (Lipinski definition) is 2. The molecular formula is C9H20N2O. The fourth-order valence-electron chi connectivity index (χ4n) is 1.96. The molecule has 0 radical (unpaired) electrons. The van der Waals surface area contributed by atoms with E-state index in [1.54, 1.807) is 0 Å². The maximum absolute atomic E-state index is 9.19. The zero-order valence-electron chi connectivity index (χ0n) is 8.08. The molecule has 72 valence electrons. The molecule has 0 bridgehead atoms. The first-order valence-corrected chi connectivity index (χ1v) is 4.73. The molecule has 1 unspecified atom stereocenters. The Morgan fingerprint density at radius 2 is 2.00 bits per heavy atom. The molecule has 0 amide bonds. The van der Waals surface area contributed by atoms with Gasteiger partial charge < -0.3 is 15.3 Å². The Labute approximate surface area is 74.8 Å². The van der Waals surface area contributed by atoms with Crippen molar-refractivity contribution in [3.63, 3.8) is 0 Å². The Kier molecular flexibility index (Phi) is 3.98. The summed E-state index contributed by atoms with van der Waals surface area (Å²) >= 11 is 0. The molecule has 0 saturated carbocycles. The molecule has 2 N–H and O–H groups in total. The van der Waals surface area contributed by atoms with E-state index in [2.05, 4.69) is 10.2 Å². The van der Waals surface area contributed by atoms with E-state index in [0.717, 1.165) is 13.1 Å². The summed E-state index contributed by atoms with van der Waals surface area (Å²) in [4.78, 5) is 2.13. The van der Waals surface area contributed by atoms with Crippen molar-refractivity contribution in [2.75, 3.05) is 33.8 Å². The fraction of sp³-hybridized carbons (Fsp3) is 1.00. The molecule has 1 fully saturated rings. The molecule has 3 heteroatoms. The first-order chi connectivity index (χ1) is 5.75.